The van der Waals surface area contributed by atoms with E-state index in [4.69, 9.17) is 14.5 Å². The highest BCUT2D eigenvalue weighted by Gasteiger charge is 2.20. The van der Waals surface area contributed by atoms with Crippen molar-refractivity contribution in [2.24, 2.45) is 0 Å². The van der Waals surface area contributed by atoms with Gasteiger partial charge in [-0.3, -0.25) is 4.90 Å². The quantitative estimate of drug-likeness (QED) is 0.639. The van der Waals surface area contributed by atoms with E-state index in [-0.39, 0.29) is 0 Å². The van der Waals surface area contributed by atoms with Crippen LogP contribution in [0.15, 0.2) is 48.5 Å². The standard InChI is InChI=1S/C24H28N2O2/c1-17-5-4-6-19(13-17)24-20(16-26-11-9-21(27-2)10-12-26)14-18-7-8-22(28-3)15-23(18)25-24/h4-8,13-15,21H,9-12,16H2,1-3H3. The topological polar surface area (TPSA) is 34.6 Å². The summed E-state index contributed by atoms with van der Waals surface area (Å²) in [6.07, 6.45) is 2.58. The van der Waals surface area contributed by atoms with E-state index in [9.17, 15) is 0 Å². The van der Waals surface area contributed by atoms with Gasteiger partial charge in [0.2, 0.25) is 0 Å². The predicted molar refractivity (Wildman–Crippen MR) is 114 cm³/mol. The lowest BCUT2D eigenvalue weighted by atomic mass is 10.00. The Morgan fingerprint density at radius 2 is 1.86 bits per heavy atom. The zero-order valence-corrected chi connectivity index (χ0v) is 16.9. The second kappa shape index (κ2) is 8.29. The molecule has 1 aliphatic rings. The third-order valence-corrected chi connectivity index (χ3v) is 5.66. The molecule has 4 rings (SSSR count). The van der Waals surface area contributed by atoms with Crippen molar-refractivity contribution >= 4 is 10.9 Å². The van der Waals surface area contributed by atoms with Crippen LogP contribution < -0.4 is 4.74 Å². The maximum Gasteiger partial charge on any atom is 0.121 e. The van der Waals surface area contributed by atoms with E-state index in [0.717, 1.165) is 54.8 Å². The maximum absolute atomic E-state index is 5.52. The predicted octanol–water partition coefficient (Wildman–Crippen LogP) is 4.83. The first-order valence-corrected chi connectivity index (χ1v) is 9.96. The molecule has 4 heteroatoms. The molecule has 0 unspecified atom stereocenters. The van der Waals surface area contributed by atoms with Crippen molar-refractivity contribution in [1.82, 2.24) is 9.88 Å². The number of aromatic nitrogens is 1. The van der Waals surface area contributed by atoms with Gasteiger partial charge in [0.05, 0.1) is 24.4 Å². The van der Waals surface area contributed by atoms with Crippen LogP contribution in [0.2, 0.25) is 0 Å². The molecule has 0 amide bonds. The third-order valence-electron chi connectivity index (χ3n) is 5.66. The van der Waals surface area contributed by atoms with Gasteiger partial charge in [-0.15, -0.1) is 0 Å². The van der Waals surface area contributed by atoms with Crippen LogP contribution in [-0.2, 0) is 11.3 Å². The minimum atomic E-state index is 0.398. The molecule has 28 heavy (non-hydrogen) atoms. The van der Waals surface area contributed by atoms with Crippen molar-refractivity contribution in [3.63, 3.8) is 0 Å². The summed E-state index contributed by atoms with van der Waals surface area (Å²) in [4.78, 5) is 7.58. The second-order valence-electron chi connectivity index (χ2n) is 7.64. The molecular weight excluding hydrogens is 348 g/mol. The minimum Gasteiger partial charge on any atom is -0.497 e. The molecule has 2 aromatic carbocycles. The van der Waals surface area contributed by atoms with E-state index >= 15 is 0 Å². The Morgan fingerprint density at radius 3 is 2.57 bits per heavy atom. The van der Waals surface area contributed by atoms with E-state index in [1.54, 1.807) is 7.11 Å². The van der Waals surface area contributed by atoms with Gasteiger partial charge in [-0.05, 0) is 49.6 Å². The van der Waals surface area contributed by atoms with E-state index in [0.29, 0.717) is 6.10 Å². The summed E-state index contributed by atoms with van der Waals surface area (Å²) in [7, 11) is 3.51. The minimum absolute atomic E-state index is 0.398. The molecule has 0 bridgehead atoms. The van der Waals surface area contributed by atoms with Gasteiger partial charge >= 0.3 is 0 Å². The maximum atomic E-state index is 5.52. The smallest absolute Gasteiger partial charge is 0.121 e. The van der Waals surface area contributed by atoms with Crippen LogP contribution in [0.5, 0.6) is 5.75 Å². The van der Waals surface area contributed by atoms with Gasteiger partial charge in [-0.2, -0.15) is 0 Å². The summed E-state index contributed by atoms with van der Waals surface area (Å²) in [5, 5.41) is 1.15. The number of methoxy groups -OCH3 is 2. The van der Waals surface area contributed by atoms with E-state index in [2.05, 4.69) is 48.2 Å². The Bertz CT molecular complexity index is 962. The summed E-state index contributed by atoms with van der Waals surface area (Å²) in [5.74, 6) is 0.838. The summed E-state index contributed by atoms with van der Waals surface area (Å²) in [6.45, 7) is 5.16. The highest BCUT2D eigenvalue weighted by molar-refractivity contribution is 5.84. The van der Waals surface area contributed by atoms with Crippen molar-refractivity contribution in [1.29, 1.82) is 0 Å². The zero-order valence-electron chi connectivity index (χ0n) is 16.9. The van der Waals surface area contributed by atoms with Gasteiger partial charge in [0, 0.05) is 43.8 Å². The second-order valence-corrected chi connectivity index (χ2v) is 7.64. The SMILES string of the molecule is COc1ccc2cc(CN3CCC(OC)CC3)c(-c3cccc(C)c3)nc2c1. The normalized spacial score (nSPS) is 15.8. The molecule has 1 aromatic heterocycles. The fourth-order valence-corrected chi connectivity index (χ4v) is 4.02. The van der Waals surface area contributed by atoms with Gasteiger partial charge < -0.3 is 9.47 Å². The number of hydrogen-bond donors (Lipinski definition) is 0. The molecule has 146 valence electrons. The van der Waals surface area contributed by atoms with Crippen LogP contribution >= 0.6 is 0 Å². The van der Waals surface area contributed by atoms with Crippen molar-refractivity contribution in [3.05, 3.63) is 59.7 Å². The third kappa shape index (κ3) is 4.03. The molecule has 0 atom stereocenters. The Balaban J connectivity index is 1.73. The molecule has 0 spiro atoms. The van der Waals surface area contributed by atoms with Gasteiger partial charge in [0.1, 0.15) is 5.75 Å². The van der Waals surface area contributed by atoms with Crippen molar-refractivity contribution in [3.8, 4) is 17.0 Å². The van der Waals surface area contributed by atoms with Crippen molar-refractivity contribution < 1.29 is 9.47 Å². The Labute approximate surface area is 167 Å². The van der Waals surface area contributed by atoms with Gasteiger partial charge in [0.15, 0.2) is 0 Å². The van der Waals surface area contributed by atoms with Crippen molar-refractivity contribution in [2.45, 2.75) is 32.4 Å². The lowest BCUT2D eigenvalue weighted by Gasteiger charge is -2.31. The van der Waals surface area contributed by atoms with Gasteiger partial charge in [-0.25, -0.2) is 4.98 Å². The number of hydrogen-bond acceptors (Lipinski definition) is 4. The average Bonchev–Trinajstić information content (AvgIpc) is 2.73. The number of rotatable bonds is 5. The molecule has 0 N–H and O–H groups in total. The van der Waals surface area contributed by atoms with Crippen LogP contribution in [0.3, 0.4) is 0 Å². The van der Waals surface area contributed by atoms with E-state index < -0.39 is 0 Å². The average molecular weight is 377 g/mol. The van der Waals surface area contributed by atoms with Crippen LogP contribution in [0.1, 0.15) is 24.0 Å². The summed E-state index contributed by atoms with van der Waals surface area (Å²) in [5.41, 5.74) is 5.73. The van der Waals surface area contributed by atoms with Crippen LogP contribution in [-0.4, -0.2) is 43.3 Å². The van der Waals surface area contributed by atoms with Crippen LogP contribution in [0, 0.1) is 6.92 Å². The number of likely N-dealkylation sites (tertiary alicyclic amines) is 1. The van der Waals surface area contributed by atoms with Crippen LogP contribution in [0.4, 0.5) is 0 Å². The molecule has 3 aromatic rings. The first-order valence-electron chi connectivity index (χ1n) is 9.96. The number of piperidine rings is 1. The molecule has 0 radical (unpaired) electrons. The largest absolute Gasteiger partial charge is 0.497 e. The molecular formula is C24H28N2O2. The highest BCUT2D eigenvalue weighted by Crippen LogP contribution is 2.30. The number of benzene rings is 2. The summed E-state index contributed by atoms with van der Waals surface area (Å²) in [6, 6.07) is 17.0. The molecule has 1 aliphatic heterocycles. The molecule has 0 aliphatic carbocycles. The first kappa shape index (κ1) is 18.9. The Kier molecular flexibility index (Phi) is 5.60. The highest BCUT2D eigenvalue weighted by atomic mass is 16.5. The fourth-order valence-electron chi connectivity index (χ4n) is 4.02. The lowest BCUT2D eigenvalue weighted by molar-refractivity contribution is 0.0389. The van der Waals surface area contributed by atoms with Crippen LogP contribution in [0.25, 0.3) is 22.2 Å². The Morgan fingerprint density at radius 1 is 1.04 bits per heavy atom. The summed E-state index contributed by atoms with van der Waals surface area (Å²) < 4.78 is 10.9. The molecule has 0 saturated carbocycles. The summed E-state index contributed by atoms with van der Waals surface area (Å²) >= 11 is 0. The number of aryl methyl sites for hydroxylation is 1. The number of nitrogens with zero attached hydrogens (tertiary/aromatic N) is 2. The van der Waals surface area contributed by atoms with E-state index in [1.165, 1.54) is 16.7 Å². The lowest BCUT2D eigenvalue weighted by Crippen LogP contribution is -2.36. The number of fused-ring (bicyclic) bond motifs is 1. The molecule has 4 nitrogen and oxygen atoms in total. The Hall–Kier alpha value is -2.43. The van der Waals surface area contributed by atoms with Gasteiger partial charge in [0.25, 0.3) is 0 Å². The number of ether oxygens (including phenoxy) is 2. The molecule has 1 fully saturated rings. The fraction of sp³-hybridized carbons (Fsp3) is 0.375. The van der Waals surface area contributed by atoms with E-state index in [1.807, 2.05) is 19.2 Å². The number of pyridine rings is 1. The van der Waals surface area contributed by atoms with Gasteiger partial charge in [-0.1, -0.05) is 23.8 Å². The zero-order chi connectivity index (χ0) is 19.5. The molecule has 2 heterocycles. The first-order chi connectivity index (χ1) is 13.7. The van der Waals surface area contributed by atoms with Crippen molar-refractivity contribution in [2.75, 3.05) is 27.3 Å². The monoisotopic (exact) mass is 376 g/mol. The molecule has 1 saturated heterocycles.